The van der Waals surface area contributed by atoms with Crippen LogP contribution >= 0.6 is 0 Å². The molecule has 2 heterocycles. The minimum atomic E-state index is 0.515. The van der Waals surface area contributed by atoms with Crippen molar-refractivity contribution in [2.75, 3.05) is 5.73 Å². The summed E-state index contributed by atoms with van der Waals surface area (Å²) in [7, 11) is 1.85. The number of aromatic nitrogens is 3. The van der Waals surface area contributed by atoms with Gasteiger partial charge in [-0.25, -0.2) is 4.98 Å². The van der Waals surface area contributed by atoms with Crippen LogP contribution in [0.4, 0.5) is 5.69 Å². The highest BCUT2D eigenvalue weighted by Gasteiger charge is 2.10. The molecular formula is C11H10N4O. The predicted molar refractivity (Wildman–Crippen MR) is 60.6 cm³/mol. The normalized spacial score (nSPS) is 11.1. The summed E-state index contributed by atoms with van der Waals surface area (Å²) in [6.07, 6.45) is 1.85. The number of hydrogen-bond donors (Lipinski definition) is 1. The lowest BCUT2D eigenvalue weighted by atomic mass is 10.3. The van der Waals surface area contributed by atoms with E-state index in [-0.39, 0.29) is 0 Å². The van der Waals surface area contributed by atoms with Gasteiger partial charge < -0.3 is 10.2 Å². The molecule has 5 heteroatoms. The fourth-order valence-corrected chi connectivity index (χ4v) is 1.58. The molecule has 2 N–H and O–H groups in total. The molecule has 0 unspecified atom stereocenters. The third-order valence-corrected chi connectivity index (χ3v) is 2.34. The van der Waals surface area contributed by atoms with Gasteiger partial charge in [-0.3, -0.25) is 4.68 Å². The van der Waals surface area contributed by atoms with Crippen LogP contribution in [0.3, 0.4) is 0 Å². The van der Waals surface area contributed by atoms with Gasteiger partial charge in [0, 0.05) is 18.9 Å². The van der Waals surface area contributed by atoms with E-state index in [1.54, 1.807) is 16.8 Å². The molecule has 0 amide bonds. The smallest absolute Gasteiger partial charge is 0.248 e. The van der Waals surface area contributed by atoms with Crippen molar-refractivity contribution in [1.82, 2.24) is 14.8 Å². The van der Waals surface area contributed by atoms with Crippen LogP contribution in [0.15, 0.2) is 34.9 Å². The van der Waals surface area contributed by atoms with Crippen LogP contribution in [-0.4, -0.2) is 14.8 Å². The average molecular weight is 214 g/mol. The van der Waals surface area contributed by atoms with Crippen molar-refractivity contribution in [3.05, 3.63) is 30.5 Å². The first-order valence-electron chi connectivity index (χ1n) is 4.88. The molecule has 0 aliphatic carbocycles. The van der Waals surface area contributed by atoms with E-state index >= 15 is 0 Å². The zero-order valence-electron chi connectivity index (χ0n) is 8.71. The molecule has 2 aromatic heterocycles. The Balaban J connectivity index is 2.18. The van der Waals surface area contributed by atoms with Crippen LogP contribution in [0.1, 0.15) is 0 Å². The fraction of sp³-hybridized carbons (Fsp3) is 0.0909. The molecular weight excluding hydrogens is 204 g/mol. The van der Waals surface area contributed by atoms with Crippen molar-refractivity contribution in [2.45, 2.75) is 0 Å². The second-order valence-electron chi connectivity index (χ2n) is 3.62. The molecule has 0 bridgehead atoms. The SMILES string of the molecule is Cn1ccc(-c2nc3cc(N)ccc3o2)n1. The lowest BCUT2D eigenvalue weighted by Crippen LogP contribution is -1.87. The molecule has 80 valence electrons. The number of hydrogen-bond acceptors (Lipinski definition) is 4. The van der Waals surface area contributed by atoms with Gasteiger partial charge in [-0.05, 0) is 24.3 Å². The standard InChI is InChI=1S/C11H10N4O/c1-15-5-4-8(14-15)11-13-9-6-7(12)2-3-10(9)16-11/h2-6H,12H2,1H3. The highest BCUT2D eigenvalue weighted by Crippen LogP contribution is 2.23. The molecule has 1 aromatic carbocycles. The molecule has 0 saturated heterocycles. The Kier molecular flexibility index (Phi) is 1.73. The fourth-order valence-electron chi connectivity index (χ4n) is 1.58. The molecule has 0 spiro atoms. The third kappa shape index (κ3) is 1.33. The maximum atomic E-state index is 5.67. The van der Waals surface area contributed by atoms with E-state index in [9.17, 15) is 0 Å². The van der Waals surface area contributed by atoms with E-state index in [0.717, 1.165) is 16.8 Å². The first-order valence-corrected chi connectivity index (χ1v) is 4.88. The van der Waals surface area contributed by atoms with Crippen LogP contribution < -0.4 is 5.73 Å². The van der Waals surface area contributed by atoms with E-state index in [0.29, 0.717) is 11.6 Å². The van der Waals surface area contributed by atoms with Gasteiger partial charge in [-0.2, -0.15) is 5.10 Å². The van der Waals surface area contributed by atoms with Crippen molar-refractivity contribution < 1.29 is 4.42 Å². The topological polar surface area (TPSA) is 69.9 Å². The number of nitrogens with zero attached hydrogens (tertiary/aromatic N) is 3. The van der Waals surface area contributed by atoms with E-state index in [4.69, 9.17) is 10.2 Å². The Morgan fingerprint density at radius 2 is 2.19 bits per heavy atom. The first-order chi connectivity index (χ1) is 7.72. The molecule has 0 fully saturated rings. The summed E-state index contributed by atoms with van der Waals surface area (Å²) in [4.78, 5) is 4.33. The van der Waals surface area contributed by atoms with Gasteiger partial charge >= 0.3 is 0 Å². The van der Waals surface area contributed by atoms with Gasteiger partial charge in [0.15, 0.2) is 5.58 Å². The van der Waals surface area contributed by atoms with Gasteiger partial charge in [0.25, 0.3) is 0 Å². The Morgan fingerprint density at radius 3 is 2.94 bits per heavy atom. The predicted octanol–water partition coefficient (Wildman–Crippen LogP) is 1.81. The van der Waals surface area contributed by atoms with Crippen LogP contribution in [0, 0.1) is 0 Å². The van der Waals surface area contributed by atoms with Gasteiger partial charge in [0.2, 0.25) is 5.89 Å². The number of oxazole rings is 1. The Bertz CT molecular complexity index is 653. The lowest BCUT2D eigenvalue weighted by Gasteiger charge is -1.88. The molecule has 5 nitrogen and oxygen atoms in total. The van der Waals surface area contributed by atoms with Gasteiger partial charge in [-0.15, -0.1) is 0 Å². The van der Waals surface area contributed by atoms with Crippen molar-refractivity contribution in [1.29, 1.82) is 0 Å². The van der Waals surface area contributed by atoms with Crippen molar-refractivity contribution in [3.63, 3.8) is 0 Å². The van der Waals surface area contributed by atoms with Gasteiger partial charge in [-0.1, -0.05) is 0 Å². The Morgan fingerprint density at radius 1 is 1.31 bits per heavy atom. The third-order valence-electron chi connectivity index (χ3n) is 2.34. The van der Waals surface area contributed by atoms with Crippen molar-refractivity contribution in [3.8, 4) is 11.6 Å². The van der Waals surface area contributed by atoms with E-state index in [2.05, 4.69) is 10.1 Å². The summed E-state index contributed by atoms with van der Waals surface area (Å²) in [5.41, 5.74) is 8.54. The van der Waals surface area contributed by atoms with Crippen molar-refractivity contribution >= 4 is 16.8 Å². The highest BCUT2D eigenvalue weighted by atomic mass is 16.3. The van der Waals surface area contributed by atoms with Gasteiger partial charge in [0.1, 0.15) is 11.2 Å². The lowest BCUT2D eigenvalue weighted by molar-refractivity contribution is 0.613. The zero-order valence-corrected chi connectivity index (χ0v) is 8.71. The van der Waals surface area contributed by atoms with Crippen LogP contribution in [0.2, 0.25) is 0 Å². The number of anilines is 1. The number of nitrogens with two attached hydrogens (primary N) is 1. The summed E-state index contributed by atoms with van der Waals surface area (Å²) < 4.78 is 7.29. The maximum absolute atomic E-state index is 5.67. The average Bonchev–Trinajstić information content (AvgIpc) is 2.83. The molecule has 0 saturated carbocycles. The van der Waals surface area contributed by atoms with Crippen LogP contribution in [-0.2, 0) is 7.05 Å². The van der Waals surface area contributed by atoms with Gasteiger partial charge in [0.05, 0.1) is 0 Å². The molecule has 3 rings (SSSR count). The summed E-state index contributed by atoms with van der Waals surface area (Å²) >= 11 is 0. The number of rotatable bonds is 1. The van der Waals surface area contributed by atoms with E-state index < -0.39 is 0 Å². The molecule has 16 heavy (non-hydrogen) atoms. The molecule has 3 aromatic rings. The molecule has 0 aliphatic heterocycles. The Labute approximate surface area is 91.5 Å². The number of nitrogen functional groups attached to an aromatic ring is 1. The molecule has 0 aliphatic rings. The summed E-state index contributed by atoms with van der Waals surface area (Å²) in [6, 6.07) is 7.24. The maximum Gasteiger partial charge on any atom is 0.248 e. The van der Waals surface area contributed by atoms with E-state index in [1.165, 1.54) is 0 Å². The second kappa shape index (κ2) is 3.10. The Hall–Kier alpha value is -2.30. The van der Waals surface area contributed by atoms with Crippen LogP contribution in [0.5, 0.6) is 0 Å². The zero-order chi connectivity index (χ0) is 11.1. The summed E-state index contributed by atoms with van der Waals surface area (Å²) in [5.74, 6) is 0.515. The second-order valence-corrected chi connectivity index (χ2v) is 3.62. The highest BCUT2D eigenvalue weighted by molar-refractivity contribution is 5.78. The monoisotopic (exact) mass is 214 g/mol. The number of aryl methyl sites for hydroxylation is 1. The molecule has 0 atom stereocenters. The molecule has 0 radical (unpaired) electrons. The number of benzene rings is 1. The number of fused-ring (bicyclic) bond motifs is 1. The first kappa shape index (κ1) is 8.96. The minimum Gasteiger partial charge on any atom is -0.435 e. The van der Waals surface area contributed by atoms with Crippen molar-refractivity contribution in [2.24, 2.45) is 7.05 Å². The summed E-state index contributed by atoms with van der Waals surface area (Å²) in [6.45, 7) is 0. The summed E-state index contributed by atoms with van der Waals surface area (Å²) in [5, 5.41) is 4.23. The minimum absolute atomic E-state index is 0.515. The quantitative estimate of drug-likeness (QED) is 0.627. The largest absolute Gasteiger partial charge is 0.435 e. The van der Waals surface area contributed by atoms with E-state index in [1.807, 2.05) is 25.4 Å². The van der Waals surface area contributed by atoms with Crippen LogP contribution in [0.25, 0.3) is 22.7 Å².